The van der Waals surface area contributed by atoms with Crippen LogP contribution in [0.5, 0.6) is 0 Å². The number of aliphatic hydroxyl groups is 2. The molecule has 0 bridgehead atoms. The van der Waals surface area contributed by atoms with E-state index in [1.165, 1.54) is 6.07 Å². The van der Waals surface area contributed by atoms with Crippen LogP contribution in [0.4, 0.5) is 11.4 Å². The maximum Gasteiger partial charge on any atom is 0.300 e. The Kier molecular flexibility index (Phi) is 11.4. The van der Waals surface area contributed by atoms with E-state index in [1.54, 1.807) is 6.07 Å². The normalized spacial score (nSPS) is 14.5. The van der Waals surface area contributed by atoms with Crippen LogP contribution in [0.15, 0.2) is 74.4 Å². The Labute approximate surface area is 257 Å². The third kappa shape index (κ3) is 7.69. The van der Waals surface area contributed by atoms with E-state index in [2.05, 4.69) is 20.3 Å². The van der Waals surface area contributed by atoms with Gasteiger partial charge in [0.25, 0.3) is 0 Å². The van der Waals surface area contributed by atoms with E-state index in [0.29, 0.717) is 31.5 Å². The topological polar surface area (TPSA) is 169 Å². The van der Waals surface area contributed by atoms with Crippen molar-refractivity contribution >= 4 is 34.0 Å². The molecule has 11 nitrogen and oxygen atoms in total. The number of nitrogens with one attached hydrogen (secondary N) is 1. The van der Waals surface area contributed by atoms with Gasteiger partial charge in [-0.15, -0.1) is 0 Å². The molecular formula is C33H42N4O7. The van der Waals surface area contributed by atoms with Gasteiger partial charge in [-0.25, -0.2) is 4.63 Å². The number of benzene rings is 1. The first-order valence-corrected chi connectivity index (χ1v) is 14.8. The number of nitro benzene ring substituents is 1. The number of Topliss-reactive ketones (excluding diaryl/α,β-unsaturated/α-hetero) is 2. The molecule has 11 heteroatoms. The minimum Gasteiger partial charge on any atom is -0.511 e. The highest BCUT2D eigenvalue weighted by Gasteiger charge is 2.49. The number of allylic oxidation sites excluding steroid dienone is 9. The number of rotatable bonds is 15. The van der Waals surface area contributed by atoms with Crippen LogP contribution in [0.25, 0.3) is 11.0 Å². The predicted molar refractivity (Wildman–Crippen MR) is 169 cm³/mol. The van der Waals surface area contributed by atoms with Gasteiger partial charge in [0.15, 0.2) is 17.1 Å². The third-order valence-corrected chi connectivity index (χ3v) is 7.62. The first-order valence-electron chi connectivity index (χ1n) is 14.8. The quantitative estimate of drug-likeness (QED) is 0.0595. The van der Waals surface area contributed by atoms with E-state index in [9.17, 15) is 29.9 Å². The highest BCUT2D eigenvalue weighted by Crippen LogP contribution is 2.47. The molecule has 0 unspecified atom stereocenters. The van der Waals surface area contributed by atoms with Gasteiger partial charge < -0.3 is 15.5 Å². The van der Waals surface area contributed by atoms with Crippen molar-refractivity contribution in [2.45, 2.75) is 86.5 Å². The zero-order valence-corrected chi connectivity index (χ0v) is 26.3. The van der Waals surface area contributed by atoms with Crippen LogP contribution in [0, 0.1) is 15.5 Å². The summed E-state index contributed by atoms with van der Waals surface area (Å²) in [6.45, 7) is 11.9. The molecule has 3 N–H and O–H groups in total. The van der Waals surface area contributed by atoms with Gasteiger partial charge in [-0.3, -0.25) is 19.7 Å². The van der Waals surface area contributed by atoms with Crippen LogP contribution in [0.3, 0.4) is 0 Å². The molecule has 3 rings (SSSR count). The minimum atomic E-state index is -1.38. The Hall–Kier alpha value is -4.54. The smallest absolute Gasteiger partial charge is 0.300 e. The van der Waals surface area contributed by atoms with Gasteiger partial charge in [0.1, 0.15) is 17.1 Å². The third-order valence-electron chi connectivity index (χ3n) is 7.62. The number of aliphatic hydroxyl groups excluding tert-OH is 2. The molecule has 1 aliphatic rings. The molecule has 0 spiro atoms. The first-order chi connectivity index (χ1) is 20.8. The molecule has 0 radical (unpaired) electrons. The number of nitro groups is 1. The van der Waals surface area contributed by atoms with Crippen LogP contribution in [-0.4, -0.2) is 43.6 Å². The Bertz CT molecular complexity index is 1560. The van der Waals surface area contributed by atoms with Crippen molar-refractivity contribution in [3.05, 3.63) is 79.9 Å². The second-order valence-corrected chi connectivity index (χ2v) is 11.9. The molecule has 0 saturated carbocycles. The largest absolute Gasteiger partial charge is 0.511 e. The van der Waals surface area contributed by atoms with E-state index >= 15 is 0 Å². The number of carbonyl (C=O) groups excluding carboxylic acids is 2. The zero-order chi connectivity index (χ0) is 32.6. The molecule has 0 fully saturated rings. The van der Waals surface area contributed by atoms with Crippen molar-refractivity contribution in [3.8, 4) is 0 Å². The summed E-state index contributed by atoms with van der Waals surface area (Å²) < 4.78 is 4.69. The van der Waals surface area contributed by atoms with Crippen LogP contribution in [-0.2, 0) is 9.59 Å². The van der Waals surface area contributed by atoms with Gasteiger partial charge in [-0.2, -0.15) is 0 Å². The number of carbonyl (C=O) groups is 2. The Morgan fingerprint density at radius 2 is 1.57 bits per heavy atom. The Balaban J connectivity index is 1.76. The van der Waals surface area contributed by atoms with Crippen molar-refractivity contribution < 1.29 is 29.4 Å². The summed E-state index contributed by atoms with van der Waals surface area (Å²) in [6.07, 6.45) is 8.05. The summed E-state index contributed by atoms with van der Waals surface area (Å²) in [4.78, 5) is 38.3. The van der Waals surface area contributed by atoms with Crippen molar-refractivity contribution in [2.75, 3.05) is 11.9 Å². The number of non-ortho nitro benzene ring substituents is 1. The van der Waals surface area contributed by atoms with E-state index in [0.717, 1.165) is 16.7 Å². The number of hydrogen-bond acceptors (Lipinski definition) is 10. The first kappa shape index (κ1) is 34.0. The number of hydrogen-bond donors (Lipinski definition) is 3. The fraction of sp³-hybridized carbons (Fsp3) is 0.455. The minimum absolute atomic E-state index is 0.0537. The molecule has 0 atom stereocenters. The highest BCUT2D eigenvalue weighted by atomic mass is 16.6. The number of fused-ring (bicyclic) bond motifs is 1. The van der Waals surface area contributed by atoms with Gasteiger partial charge in [-0.1, -0.05) is 41.4 Å². The standard InChI is InChI=1S/C33H42N4O7/c1-20(2)11-12-23-30(39)27(32(41)33(31(23)40,17-15-21(3)4)18-16-22(5)6)26(38)10-8-7-9-19-34-24-13-14-25(37(42)43)29-28(24)35-44-36-29/h11,13-16,34,39-40H,7-10,12,17-19H2,1-6H3. The molecule has 1 aromatic heterocycles. The molecule has 0 amide bonds. The van der Waals surface area contributed by atoms with Crippen molar-refractivity contribution in [1.29, 1.82) is 0 Å². The van der Waals surface area contributed by atoms with E-state index in [1.807, 2.05) is 59.8 Å². The van der Waals surface area contributed by atoms with Crippen LogP contribution in [0.2, 0.25) is 0 Å². The summed E-state index contributed by atoms with van der Waals surface area (Å²) in [6, 6.07) is 2.88. The lowest BCUT2D eigenvalue weighted by Gasteiger charge is -2.36. The molecule has 0 saturated heterocycles. The summed E-state index contributed by atoms with van der Waals surface area (Å²) >= 11 is 0. The predicted octanol–water partition coefficient (Wildman–Crippen LogP) is 7.93. The van der Waals surface area contributed by atoms with Crippen molar-refractivity contribution in [3.63, 3.8) is 0 Å². The number of unbranched alkanes of at least 4 members (excludes halogenated alkanes) is 2. The lowest BCUT2D eigenvalue weighted by atomic mass is 9.66. The van der Waals surface area contributed by atoms with E-state index in [4.69, 9.17) is 0 Å². The Morgan fingerprint density at radius 1 is 0.955 bits per heavy atom. The van der Waals surface area contributed by atoms with Crippen LogP contribution < -0.4 is 5.32 Å². The molecule has 44 heavy (non-hydrogen) atoms. The number of ketones is 2. The van der Waals surface area contributed by atoms with Gasteiger partial charge >= 0.3 is 5.69 Å². The lowest BCUT2D eigenvalue weighted by Crippen LogP contribution is -2.40. The maximum atomic E-state index is 14.1. The molecule has 2 aromatic rings. The van der Waals surface area contributed by atoms with Gasteiger partial charge in [0.2, 0.25) is 5.52 Å². The summed E-state index contributed by atoms with van der Waals surface area (Å²) in [5, 5.41) is 44.5. The van der Waals surface area contributed by atoms with Crippen molar-refractivity contribution in [2.24, 2.45) is 5.41 Å². The van der Waals surface area contributed by atoms with Crippen molar-refractivity contribution in [1.82, 2.24) is 10.3 Å². The SMILES string of the molecule is CC(C)=CCC1=C(O)C(CC=C(C)C)(CC=C(C)C)C(=O)C(C(=O)CCCCCNc2ccc([N+](=O)[O-])c3nonc23)=C1O. The molecule has 1 aliphatic carbocycles. The fourth-order valence-electron chi connectivity index (χ4n) is 5.06. The molecule has 236 valence electrons. The molecule has 0 aliphatic heterocycles. The molecule has 1 heterocycles. The summed E-state index contributed by atoms with van der Waals surface area (Å²) in [5.41, 5.74) is 2.18. The fourth-order valence-corrected chi connectivity index (χ4v) is 5.06. The highest BCUT2D eigenvalue weighted by molar-refractivity contribution is 6.24. The lowest BCUT2D eigenvalue weighted by molar-refractivity contribution is -0.383. The molecular weight excluding hydrogens is 564 g/mol. The maximum absolute atomic E-state index is 14.1. The second-order valence-electron chi connectivity index (χ2n) is 11.9. The van der Waals surface area contributed by atoms with Gasteiger partial charge in [-0.05, 0) is 90.0 Å². The monoisotopic (exact) mass is 606 g/mol. The van der Waals surface area contributed by atoms with E-state index in [-0.39, 0.29) is 59.3 Å². The summed E-state index contributed by atoms with van der Waals surface area (Å²) in [5.74, 6) is -1.63. The average Bonchev–Trinajstić information content (AvgIpc) is 3.44. The van der Waals surface area contributed by atoms with Gasteiger partial charge in [0, 0.05) is 24.6 Å². The second kappa shape index (κ2) is 14.8. The van der Waals surface area contributed by atoms with E-state index < -0.39 is 27.7 Å². The van der Waals surface area contributed by atoms with Gasteiger partial charge in [0.05, 0.1) is 16.0 Å². The number of anilines is 1. The number of nitrogens with zero attached hydrogens (tertiary/aromatic N) is 3. The zero-order valence-electron chi connectivity index (χ0n) is 26.3. The Morgan fingerprint density at radius 3 is 2.16 bits per heavy atom. The molecule has 1 aromatic carbocycles. The summed E-state index contributed by atoms with van der Waals surface area (Å²) in [7, 11) is 0. The van der Waals surface area contributed by atoms with Crippen LogP contribution >= 0.6 is 0 Å². The average molecular weight is 607 g/mol. The number of aromatic nitrogens is 2. The van der Waals surface area contributed by atoms with Crippen LogP contribution in [0.1, 0.15) is 86.5 Å².